The number of benzene rings is 1. The highest BCUT2D eigenvalue weighted by Gasteiger charge is 2.13. The number of unbranched alkanes of at least 4 members (excludes halogenated alkanes) is 3. The predicted octanol–water partition coefficient (Wildman–Crippen LogP) is 1.64. The summed E-state index contributed by atoms with van der Waals surface area (Å²) in [5.74, 6) is 0. The van der Waals surface area contributed by atoms with E-state index in [1.807, 2.05) is 0 Å². The smallest absolute Gasteiger partial charge is 0.177 e. The normalized spacial score (nSPS) is 11.5. The molecule has 0 spiro atoms. The average Bonchev–Trinajstić information content (AvgIpc) is 2.34. The highest BCUT2D eigenvalue weighted by molar-refractivity contribution is 7.90. The van der Waals surface area contributed by atoms with Crippen molar-refractivity contribution in [3.05, 3.63) is 18.2 Å². The number of hydrogen-bond acceptors (Lipinski definition) is 5. The molecule has 0 aliphatic heterocycles. The number of aliphatic hydroxyl groups is 1. The molecule has 1 aromatic rings. The first-order valence-corrected chi connectivity index (χ1v) is 8.29. The van der Waals surface area contributed by atoms with Crippen LogP contribution in [0, 0.1) is 0 Å². The maximum atomic E-state index is 11.5. The molecule has 4 N–H and O–H groups in total. The molecule has 0 unspecified atom stereocenters. The molecule has 0 aliphatic rings. The van der Waals surface area contributed by atoms with E-state index in [1.54, 1.807) is 12.1 Å². The number of anilines is 2. The zero-order chi connectivity index (χ0) is 14.3. The molecule has 0 saturated carbocycles. The Morgan fingerprint density at radius 1 is 1.21 bits per heavy atom. The molecule has 0 radical (unpaired) electrons. The summed E-state index contributed by atoms with van der Waals surface area (Å²) in [5.41, 5.74) is 6.79. The van der Waals surface area contributed by atoms with Crippen LogP contribution >= 0.6 is 0 Å². The van der Waals surface area contributed by atoms with Gasteiger partial charge in [0, 0.05) is 19.4 Å². The van der Waals surface area contributed by atoms with Gasteiger partial charge in [-0.2, -0.15) is 0 Å². The first-order valence-electron chi connectivity index (χ1n) is 6.40. The molecule has 19 heavy (non-hydrogen) atoms. The number of nitrogen functional groups attached to an aromatic ring is 1. The maximum absolute atomic E-state index is 11.5. The van der Waals surface area contributed by atoms with E-state index in [2.05, 4.69) is 5.32 Å². The summed E-state index contributed by atoms with van der Waals surface area (Å²) in [6, 6.07) is 4.97. The Balaban J connectivity index is 2.56. The fraction of sp³-hybridized carbons (Fsp3) is 0.538. The van der Waals surface area contributed by atoms with Crippen molar-refractivity contribution in [2.75, 3.05) is 30.5 Å². The summed E-state index contributed by atoms with van der Waals surface area (Å²) >= 11 is 0. The van der Waals surface area contributed by atoms with Crippen molar-refractivity contribution in [2.24, 2.45) is 0 Å². The largest absolute Gasteiger partial charge is 0.396 e. The molecule has 108 valence electrons. The summed E-state index contributed by atoms with van der Waals surface area (Å²) in [6.07, 6.45) is 4.96. The van der Waals surface area contributed by atoms with Crippen LogP contribution in [0.25, 0.3) is 0 Å². The fourth-order valence-electron chi connectivity index (χ4n) is 1.83. The highest BCUT2D eigenvalue weighted by atomic mass is 32.2. The molecule has 6 heteroatoms. The first-order chi connectivity index (χ1) is 8.96. The Labute approximate surface area is 114 Å². The third-order valence-electron chi connectivity index (χ3n) is 2.87. The van der Waals surface area contributed by atoms with Crippen molar-refractivity contribution < 1.29 is 13.5 Å². The molecular weight excluding hydrogens is 264 g/mol. The molecule has 1 rings (SSSR count). The van der Waals surface area contributed by atoms with E-state index in [-0.39, 0.29) is 17.2 Å². The molecule has 0 atom stereocenters. The van der Waals surface area contributed by atoms with Crippen LogP contribution in [0.15, 0.2) is 23.1 Å². The van der Waals surface area contributed by atoms with Crippen LogP contribution in [-0.4, -0.2) is 32.9 Å². The van der Waals surface area contributed by atoms with Crippen molar-refractivity contribution in [3.8, 4) is 0 Å². The molecule has 0 aromatic heterocycles. The quantitative estimate of drug-likeness (QED) is 0.499. The van der Waals surface area contributed by atoms with Gasteiger partial charge < -0.3 is 16.2 Å². The van der Waals surface area contributed by atoms with Crippen LogP contribution in [0.5, 0.6) is 0 Å². The number of para-hydroxylation sites is 1. The van der Waals surface area contributed by atoms with Crippen LogP contribution in [-0.2, 0) is 9.84 Å². The van der Waals surface area contributed by atoms with Crippen LogP contribution in [0.1, 0.15) is 25.7 Å². The second kappa shape index (κ2) is 7.35. The number of aliphatic hydroxyl groups excluding tert-OH is 1. The lowest BCUT2D eigenvalue weighted by molar-refractivity contribution is 0.283. The van der Waals surface area contributed by atoms with Crippen molar-refractivity contribution in [3.63, 3.8) is 0 Å². The SMILES string of the molecule is CS(=O)(=O)c1cccc(NCCCCCCO)c1N. The second-order valence-electron chi connectivity index (χ2n) is 4.55. The minimum absolute atomic E-state index is 0.165. The van der Waals surface area contributed by atoms with Crippen LogP contribution in [0.4, 0.5) is 11.4 Å². The predicted molar refractivity (Wildman–Crippen MR) is 78.0 cm³/mol. The summed E-state index contributed by atoms with van der Waals surface area (Å²) in [7, 11) is -3.29. The number of rotatable bonds is 8. The van der Waals surface area contributed by atoms with Crippen molar-refractivity contribution in [1.29, 1.82) is 0 Å². The van der Waals surface area contributed by atoms with Gasteiger partial charge in [-0.05, 0) is 25.0 Å². The zero-order valence-electron chi connectivity index (χ0n) is 11.2. The van der Waals surface area contributed by atoms with Crippen molar-refractivity contribution >= 4 is 21.2 Å². The standard InChI is InChI=1S/C13H22N2O3S/c1-19(17,18)12-8-6-7-11(13(12)14)15-9-4-2-3-5-10-16/h6-8,15-16H,2-5,9-10,14H2,1H3. The maximum Gasteiger partial charge on any atom is 0.177 e. The summed E-state index contributed by atoms with van der Waals surface area (Å²) in [4.78, 5) is 0.165. The Morgan fingerprint density at radius 3 is 2.53 bits per heavy atom. The van der Waals surface area contributed by atoms with E-state index in [1.165, 1.54) is 6.07 Å². The second-order valence-corrected chi connectivity index (χ2v) is 6.54. The van der Waals surface area contributed by atoms with E-state index in [4.69, 9.17) is 10.8 Å². The van der Waals surface area contributed by atoms with E-state index in [0.717, 1.165) is 38.5 Å². The lowest BCUT2D eigenvalue weighted by atomic mass is 10.2. The average molecular weight is 286 g/mol. The number of sulfone groups is 1. The molecule has 5 nitrogen and oxygen atoms in total. The first kappa shape index (κ1) is 15.8. The molecule has 0 aliphatic carbocycles. The highest BCUT2D eigenvalue weighted by Crippen LogP contribution is 2.26. The van der Waals surface area contributed by atoms with E-state index >= 15 is 0 Å². The third kappa shape index (κ3) is 5.08. The molecular formula is C13H22N2O3S. The van der Waals surface area contributed by atoms with Crippen LogP contribution in [0.3, 0.4) is 0 Å². The van der Waals surface area contributed by atoms with E-state index in [0.29, 0.717) is 5.69 Å². The number of nitrogens with one attached hydrogen (secondary N) is 1. The van der Waals surface area contributed by atoms with Crippen molar-refractivity contribution in [2.45, 2.75) is 30.6 Å². The number of hydrogen-bond donors (Lipinski definition) is 3. The van der Waals surface area contributed by atoms with Gasteiger partial charge in [-0.3, -0.25) is 0 Å². The van der Waals surface area contributed by atoms with Crippen molar-refractivity contribution in [1.82, 2.24) is 0 Å². The van der Waals surface area contributed by atoms with Gasteiger partial charge in [0.15, 0.2) is 9.84 Å². The monoisotopic (exact) mass is 286 g/mol. The molecule has 0 amide bonds. The molecule has 0 fully saturated rings. The minimum Gasteiger partial charge on any atom is -0.396 e. The summed E-state index contributed by atoms with van der Waals surface area (Å²) in [6.45, 7) is 0.972. The molecule has 1 aromatic carbocycles. The fourth-order valence-corrected chi connectivity index (χ4v) is 2.67. The Morgan fingerprint density at radius 2 is 1.89 bits per heavy atom. The van der Waals surface area contributed by atoms with Gasteiger partial charge in [-0.25, -0.2) is 8.42 Å². The Bertz CT molecular complexity index is 501. The Hall–Kier alpha value is -1.27. The van der Waals surface area contributed by atoms with Crippen LogP contribution < -0.4 is 11.1 Å². The molecule has 0 bridgehead atoms. The third-order valence-corrected chi connectivity index (χ3v) is 4.02. The summed E-state index contributed by atoms with van der Waals surface area (Å²) in [5, 5.41) is 11.8. The van der Waals surface area contributed by atoms with Gasteiger partial charge >= 0.3 is 0 Å². The lowest BCUT2D eigenvalue weighted by Crippen LogP contribution is -2.08. The lowest BCUT2D eigenvalue weighted by Gasteiger charge is -2.11. The van der Waals surface area contributed by atoms with Crippen LogP contribution in [0.2, 0.25) is 0 Å². The van der Waals surface area contributed by atoms with Gasteiger partial charge in [-0.1, -0.05) is 18.9 Å². The Kier molecular flexibility index (Phi) is 6.11. The minimum atomic E-state index is -3.29. The molecule has 0 heterocycles. The zero-order valence-corrected chi connectivity index (χ0v) is 12.0. The number of nitrogens with two attached hydrogens (primary N) is 1. The molecule has 0 saturated heterocycles. The van der Waals surface area contributed by atoms with Gasteiger partial charge in [-0.15, -0.1) is 0 Å². The van der Waals surface area contributed by atoms with Gasteiger partial charge in [0.1, 0.15) is 0 Å². The van der Waals surface area contributed by atoms with E-state index < -0.39 is 9.84 Å². The van der Waals surface area contributed by atoms with Gasteiger partial charge in [0.2, 0.25) is 0 Å². The topological polar surface area (TPSA) is 92.4 Å². The van der Waals surface area contributed by atoms with Gasteiger partial charge in [0.05, 0.1) is 16.3 Å². The van der Waals surface area contributed by atoms with E-state index in [9.17, 15) is 8.42 Å². The van der Waals surface area contributed by atoms with Gasteiger partial charge in [0.25, 0.3) is 0 Å². The summed E-state index contributed by atoms with van der Waals surface area (Å²) < 4.78 is 23.0.